The van der Waals surface area contributed by atoms with Crippen LogP contribution in [0.2, 0.25) is 5.02 Å². The van der Waals surface area contributed by atoms with Crippen molar-refractivity contribution in [1.29, 1.82) is 0 Å². The van der Waals surface area contributed by atoms with Gasteiger partial charge >= 0.3 is 0 Å². The lowest BCUT2D eigenvalue weighted by Gasteiger charge is -2.38. The van der Waals surface area contributed by atoms with Gasteiger partial charge in [-0.05, 0) is 42.0 Å². The summed E-state index contributed by atoms with van der Waals surface area (Å²) < 4.78 is 31.8. The van der Waals surface area contributed by atoms with Crippen LogP contribution in [0.25, 0.3) is 10.9 Å². The molecule has 0 spiro atoms. The number of nitrogens with two attached hydrogens (primary N) is 1. The number of benzene rings is 2. The molecule has 1 aromatic heterocycles. The third-order valence-electron chi connectivity index (χ3n) is 5.67. The van der Waals surface area contributed by atoms with Gasteiger partial charge in [0, 0.05) is 52.4 Å². The normalized spacial score (nSPS) is 20.1. The number of pyridine rings is 1. The monoisotopic (exact) mass is 460 g/mol. The maximum absolute atomic E-state index is 13.9. The van der Waals surface area contributed by atoms with E-state index in [9.17, 15) is 8.60 Å². The van der Waals surface area contributed by atoms with Crippen molar-refractivity contribution < 1.29 is 13.3 Å². The van der Waals surface area contributed by atoms with Gasteiger partial charge in [0.1, 0.15) is 11.6 Å². The molecule has 162 valence electrons. The number of aromatic nitrogens is 1. The molecule has 0 bridgehead atoms. The molecule has 2 aliphatic heterocycles. The second-order valence-corrected chi connectivity index (χ2v) is 10.1. The highest BCUT2D eigenvalue weighted by Crippen LogP contribution is 2.32. The Morgan fingerprint density at radius 2 is 2.10 bits per heavy atom. The predicted molar refractivity (Wildman–Crippen MR) is 122 cm³/mol. The van der Waals surface area contributed by atoms with Gasteiger partial charge in [0.15, 0.2) is 0 Å². The van der Waals surface area contributed by atoms with Gasteiger partial charge in [-0.1, -0.05) is 11.6 Å². The first-order valence-corrected chi connectivity index (χ1v) is 11.7. The van der Waals surface area contributed by atoms with E-state index in [-0.39, 0.29) is 5.82 Å². The van der Waals surface area contributed by atoms with Crippen LogP contribution in [-0.2, 0) is 22.1 Å². The molecular formula is C22H22ClFN4O2S. The van der Waals surface area contributed by atoms with Gasteiger partial charge in [0.05, 0.1) is 35.1 Å². The van der Waals surface area contributed by atoms with Gasteiger partial charge in [-0.15, -0.1) is 0 Å². The van der Waals surface area contributed by atoms with Gasteiger partial charge in [0.2, 0.25) is 0 Å². The minimum absolute atomic E-state index is 0.336. The number of hydrogen-bond acceptors (Lipinski definition) is 6. The van der Waals surface area contributed by atoms with Crippen LogP contribution >= 0.6 is 11.6 Å². The van der Waals surface area contributed by atoms with Crippen molar-refractivity contribution in [2.24, 2.45) is 5.73 Å². The third kappa shape index (κ3) is 4.13. The Bertz CT molecular complexity index is 1190. The standard InChI is InChI=1S/C22H22ClFN4O2S/c23-15-1-3-18-17(8-15)19(26-11-22(25)12-30-13-22)9-21(27-18)28-5-6-31(29)20-4-2-16(24)7-14(20)10-28/h1-4,7-9H,5-6,10-13,25H2,(H,26,27). The molecule has 9 heteroatoms. The summed E-state index contributed by atoms with van der Waals surface area (Å²) >= 11 is 6.24. The summed E-state index contributed by atoms with van der Waals surface area (Å²) in [6.07, 6.45) is 0. The average Bonchev–Trinajstić information content (AvgIpc) is 2.89. The molecule has 0 amide bonds. The first-order valence-electron chi connectivity index (χ1n) is 10.0. The minimum atomic E-state index is -1.18. The number of anilines is 2. The number of nitrogens with one attached hydrogen (secondary N) is 1. The molecule has 3 aromatic rings. The van der Waals surface area contributed by atoms with Crippen LogP contribution in [0.5, 0.6) is 0 Å². The lowest BCUT2D eigenvalue weighted by Crippen LogP contribution is -2.61. The van der Waals surface area contributed by atoms with E-state index >= 15 is 0 Å². The number of rotatable bonds is 4. The maximum Gasteiger partial charge on any atom is 0.131 e. The zero-order chi connectivity index (χ0) is 21.6. The van der Waals surface area contributed by atoms with Gasteiger partial charge in [-0.3, -0.25) is 4.21 Å². The van der Waals surface area contributed by atoms with Crippen LogP contribution in [0.15, 0.2) is 47.4 Å². The molecule has 31 heavy (non-hydrogen) atoms. The summed E-state index contributed by atoms with van der Waals surface area (Å²) in [7, 11) is -1.18. The lowest BCUT2D eigenvalue weighted by atomic mass is 9.99. The van der Waals surface area contributed by atoms with E-state index < -0.39 is 16.3 Å². The Hall–Kier alpha value is -2.26. The highest BCUT2D eigenvalue weighted by atomic mass is 35.5. The molecule has 1 saturated heterocycles. The van der Waals surface area contributed by atoms with Crippen LogP contribution < -0.4 is 16.0 Å². The second-order valence-electron chi connectivity index (χ2n) is 8.12. The summed E-state index contributed by atoms with van der Waals surface area (Å²) in [5, 5.41) is 4.95. The molecule has 5 rings (SSSR count). The first-order chi connectivity index (χ1) is 14.9. The molecule has 1 atom stereocenters. The summed E-state index contributed by atoms with van der Waals surface area (Å²) in [6.45, 7) is 2.55. The highest BCUT2D eigenvalue weighted by Gasteiger charge is 2.34. The van der Waals surface area contributed by atoms with E-state index in [1.54, 1.807) is 12.1 Å². The molecule has 1 unspecified atom stereocenters. The number of halogens is 2. The zero-order valence-electron chi connectivity index (χ0n) is 16.7. The molecule has 3 N–H and O–H groups in total. The Morgan fingerprint density at radius 3 is 2.87 bits per heavy atom. The number of hydrogen-bond donors (Lipinski definition) is 2. The lowest BCUT2D eigenvalue weighted by molar-refractivity contribution is -0.0461. The topological polar surface area (TPSA) is 80.5 Å². The summed E-state index contributed by atoms with van der Waals surface area (Å²) in [5.74, 6) is 0.838. The van der Waals surface area contributed by atoms with Gasteiger partial charge < -0.3 is 20.7 Å². The van der Waals surface area contributed by atoms with Crippen molar-refractivity contribution in [2.75, 3.05) is 42.3 Å². The predicted octanol–water partition coefficient (Wildman–Crippen LogP) is 3.29. The molecule has 3 heterocycles. The zero-order valence-corrected chi connectivity index (χ0v) is 18.3. The molecular weight excluding hydrogens is 439 g/mol. The van der Waals surface area contributed by atoms with Crippen molar-refractivity contribution in [3.05, 3.63) is 58.9 Å². The molecule has 0 saturated carbocycles. The fourth-order valence-electron chi connectivity index (χ4n) is 3.91. The summed E-state index contributed by atoms with van der Waals surface area (Å²) in [4.78, 5) is 7.54. The Balaban J connectivity index is 1.53. The van der Waals surface area contributed by atoms with Crippen LogP contribution in [-0.4, -0.2) is 46.8 Å². The maximum atomic E-state index is 13.9. The van der Waals surface area contributed by atoms with Gasteiger partial charge in [-0.25, -0.2) is 9.37 Å². The van der Waals surface area contributed by atoms with Crippen LogP contribution in [0.1, 0.15) is 5.56 Å². The van der Waals surface area contributed by atoms with Crippen molar-refractivity contribution in [1.82, 2.24) is 4.98 Å². The van der Waals surface area contributed by atoms with Crippen molar-refractivity contribution in [3.63, 3.8) is 0 Å². The van der Waals surface area contributed by atoms with Crippen molar-refractivity contribution >= 4 is 44.8 Å². The smallest absolute Gasteiger partial charge is 0.131 e. The first kappa shape index (κ1) is 20.6. The number of fused-ring (bicyclic) bond motifs is 2. The van der Waals surface area contributed by atoms with Gasteiger partial charge in [-0.2, -0.15) is 0 Å². The Morgan fingerprint density at radius 1 is 1.26 bits per heavy atom. The summed E-state index contributed by atoms with van der Waals surface area (Å²) in [6, 6.07) is 11.9. The van der Waals surface area contributed by atoms with E-state index in [1.165, 1.54) is 12.1 Å². The molecule has 6 nitrogen and oxygen atoms in total. The van der Waals surface area contributed by atoms with E-state index in [0.29, 0.717) is 48.5 Å². The van der Waals surface area contributed by atoms with E-state index in [4.69, 9.17) is 27.1 Å². The van der Waals surface area contributed by atoms with Crippen LogP contribution in [0.3, 0.4) is 0 Å². The van der Waals surface area contributed by atoms with E-state index in [1.807, 2.05) is 23.1 Å². The highest BCUT2D eigenvalue weighted by molar-refractivity contribution is 7.85. The fraction of sp³-hybridized carbons (Fsp3) is 0.318. The average molecular weight is 461 g/mol. The van der Waals surface area contributed by atoms with Crippen LogP contribution in [0.4, 0.5) is 15.9 Å². The molecule has 0 aliphatic carbocycles. The molecule has 2 aromatic carbocycles. The number of nitrogens with zero attached hydrogens (tertiary/aromatic N) is 2. The van der Waals surface area contributed by atoms with Crippen LogP contribution in [0, 0.1) is 5.82 Å². The van der Waals surface area contributed by atoms with E-state index in [0.717, 1.165) is 28.0 Å². The Kier molecular flexibility index (Phi) is 5.34. The third-order valence-corrected chi connectivity index (χ3v) is 7.34. The molecule has 2 aliphatic rings. The quantitative estimate of drug-likeness (QED) is 0.622. The van der Waals surface area contributed by atoms with Gasteiger partial charge in [0.25, 0.3) is 0 Å². The number of ether oxygens (including phenoxy) is 1. The Labute approximate surface area is 187 Å². The molecule has 1 fully saturated rings. The fourth-order valence-corrected chi connectivity index (χ4v) is 5.32. The van der Waals surface area contributed by atoms with Crippen molar-refractivity contribution in [3.8, 4) is 0 Å². The molecule has 0 radical (unpaired) electrons. The van der Waals surface area contributed by atoms with E-state index in [2.05, 4.69) is 5.32 Å². The van der Waals surface area contributed by atoms with Crippen molar-refractivity contribution in [2.45, 2.75) is 17.0 Å². The summed E-state index contributed by atoms with van der Waals surface area (Å²) in [5.41, 5.74) is 8.27. The second kappa shape index (κ2) is 8.02. The largest absolute Gasteiger partial charge is 0.382 e. The SMILES string of the molecule is NC1(CNc2cc(N3CCS(=O)c4ccc(F)cc4C3)nc3ccc(Cl)cc23)COC1. The minimum Gasteiger partial charge on any atom is -0.382 e.